The Morgan fingerprint density at radius 1 is 1.36 bits per heavy atom. The minimum absolute atomic E-state index is 0.160. The molecule has 4 heteroatoms. The first-order valence-corrected chi connectivity index (χ1v) is 4.13. The van der Waals surface area contributed by atoms with Crippen LogP contribution in [0.3, 0.4) is 0 Å². The van der Waals surface area contributed by atoms with E-state index in [1.54, 1.807) is 13.0 Å². The van der Waals surface area contributed by atoms with Gasteiger partial charge < -0.3 is 4.74 Å². The van der Waals surface area contributed by atoms with Crippen molar-refractivity contribution in [2.24, 2.45) is 0 Å². The first-order chi connectivity index (χ1) is 6.44. The van der Waals surface area contributed by atoms with E-state index in [9.17, 15) is 13.2 Å². The molecule has 0 unspecified atom stereocenters. The van der Waals surface area contributed by atoms with E-state index in [0.717, 1.165) is 0 Å². The third-order valence-electron chi connectivity index (χ3n) is 1.81. The highest BCUT2D eigenvalue weighted by molar-refractivity contribution is 5.41. The van der Waals surface area contributed by atoms with Crippen LogP contribution in [-0.2, 0) is 6.42 Å². The molecule has 1 radical (unpaired) electrons. The molecular formula is C10H10F3O. The molecule has 1 nitrogen and oxygen atoms in total. The van der Waals surface area contributed by atoms with Crippen molar-refractivity contribution in [3.63, 3.8) is 0 Å². The van der Waals surface area contributed by atoms with E-state index in [1.807, 2.05) is 0 Å². The lowest BCUT2D eigenvalue weighted by molar-refractivity contribution is -0.274. The van der Waals surface area contributed by atoms with Gasteiger partial charge in [0.1, 0.15) is 5.75 Å². The molecule has 0 atom stereocenters. The van der Waals surface area contributed by atoms with Gasteiger partial charge in [0, 0.05) is 0 Å². The second-order valence-electron chi connectivity index (χ2n) is 2.80. The van der Waals surface area contributed by atoms with Crippen molar-refractivity contribution in [3.05, 3.63) is 36.2 Å². The minimum Gasteiger partial charge on any atom is -0.405 e. The van der Waals surface area contributed by atoms with Crippen LogP contribution in [-0.4, -0.2) is 6.36 Å². The maximum atomic E-state index is 11.9. The smallest absolute Gasteiger partial charge is 0.405 e. The number of hydrogen-bond donors (Lipinski definition) is 0. The van der Waals surface area contributed by atoms with Crippen LogP contribution in [0.2, 0.25) is 0 Å². The van der Waals surface area contributed by atoms with Crippen molar-refractivity contribution in [1.82, 2.24) is 0 Å². The van der Waals surface area contributed by atoms with Gasteiger partial charge in [0.15, 0.2) is 0 Å². The largest absolute Gasteiger partial charge is 0.573 e. The van der Waals surface area contributed by atoms with E-state index in [2.05, 4.69) is 11.7 Å². The molecule has 77 valence electrons. The molecule has 1 rings (SSSR count). The Morgan fingerprint density at radius 2 is 2.00 bits per heavy atom. The molecule has 0 N–H and O–H groups in total. The van der Waals surface area contributed by atoms with Gasteiger partial charge in [-0.2, -0.15) is 0 Å². The summed E-state index contributed by atoms with van der Waals surface area (Å²) in [5, 5.41) is 0. The van der Waals surface area contributed by atoms with Crippen LogP contribution in [0.4, 0.5) is 13.2 Å². The van der Waals surface area contributed by atoms with Gasteiger partial charge in [-0.15, -0.1) is 13.2 Å². The summed E-state index contributed by atoms with van der Waals surface area (Å²) >= 11 is 0. The van der Waals surface area contributed by atoms with Gasteiger partial charge in [-0.1, -0.05) is 19.1 Å². The molecule has 0 aromatic heterocycles. The zero-order valence-corrected chi connectivity index (χ0v) is 7.69. The molecule has 0 spiro atoms. The SMILES string of the molecule is [CH2]c1cccc(OC(F)(F)F)c1CC. The van der Waals surface area contributed by atoms with Gasteiger partial charge in [-0.05, 0) is 30.5 Å². The fourth-order valence-electron chi connectivity index (χ4n) is 1.23. The maximum Gasteiger partial charge on any atom is 0.573 e. The molecule has 1 aromatic rings. The Hall–Kier alpha value is -1.19. The van der Waals surface area contributed by atoms with Crippen molar-refractivity contribution in [2.75, 3.05) is 0 Å². The summed E-state index contributed by atoms with van der Waals surface area (Å²) in [4.78, 5) is 0. The summed E-state index contributed by atoms with van der Waals surface area (Å²) in [7, 11) is 0. The molecule has 0 heterocycles. The van der Waals surface area contributed by atoms with Gasteiger partial charge in [-0.25, -0.2) is 0 Å². The number of rotatable bonds is 2. The molecule has 0 fully saturated rings. The molecule has 0 saturated carbocycles. The zero-order chi connectivity index (χ0) is 10.8. The number of hydrogen-bond acceptors (Lipinski definition) is 1. The highest BCUT2D eigenvalue weighted by Crippen LogP contribution is 2.28. The standard InChI is InChI=1S/C10H10F3O/c1-3-8-7(2)5-4-6-9(8)14-10(11,12)13/h4-6H,2-3H2,1H3. The fourth-order valence-corrected chi connectivity index (χ4v) is 1.23. The summed E-state index contributed by atoms with van der Waals surface area (Å²) in [6.07, 6.45) is -4.18. The molecule has 0 aliphatic carbocycles. The molecule has 0 amide bonds. The lowest BCUT2D eigenvalue weighted by Crippen LogP contribution is -2.18. The number of halogens is 3. The fraction of sp³-hybridized carbons (Fsp3) is 0.300. The summed E-state index contributed by atoms with van der Waals surface area (Å²) in [5.41, 5.74) is 1.05. The van der Waals surface area contributed by atoms with E-state index in [4.69, 9.17) is 0 Å². The van der Waals surface area contributed by atoms with Crippen molar-refractivity contribution in [2.45, 2.75) is 19.7 Å². The number of alkyl halides is 3. The summed E-state index contributed by atoms with van der Waals surface area (Å²) in [6, 6.07) is 4.44. The van der Waals surface area contributed by atoms with Crippen LogP contribution in [0.5, 0.6) is 5.75 Å². The first-order valence-electron chi connectivity index (χ1n) is 4.13. The molecule has 0 saturated heterocycles. The van der Waals surface area contributed by atoms with Crippen molar-refractivity contribution in [3.8, 4) is 5.75 Å². The second kappa shape index (κ2) is 3.90. The molecular weight excluding hydrogens is 193 g/mol. The van der Waals surface area contributed by atoms with Crippen LogP contribution in [0.25, 0.3) is 0 Å². The zero-order valence-electron chi connectivity index (χ0n) is 7.69. The molecule has 0 aliphatic rings. The van der Waals surface area contributed by atoms with Crippen molar-refractivity contribution >= 4 is 0 Å². The van der Waals surface area contributed by atoms with Crippen LogP contribution < -0.4 is 4.74 Å². The van der Waals surface area contributed by atoms with Gasteiger partial charge in [0.25, 0.3) is 0 Å². The Balaban J connectivity index is 3.02. The van der Waals surface area contributed by atoms with Gasteiger partial charge in [0.2, 0.25) is 0 Å². The molecule has 14 heavy (non-hydrogen) atoms. The van der Waals surface area contributed by atoms with E-state index in [0.29, 0.717) is 17.5 Å². The Morgan fingerprint density at radius 3 is 2.50 bits per heavy atom. The van der Waals surface area contributed by atoms with Gasteiger partial charge in [-0.3, -0.25) is 0 Å². The maximum absolute atomic E-state index is 11.9. The average molecular weight is 203 g/mol. The van der Waals surface area contributed by atoms with E-state index in [1.165, 1.54) is 12.1 Å². The predicted molar refractivity (Wildman–Crippen MR) is 47.0 cm³/mol. The molecule has 0 bridgehead atoms. The monoisotopic (exact) mass is 203 g/mol. The summed E-state index contributed by atoms with van der Waals surface area (Å²) in [5.74, 6) is -0.160. The predicted octanol–water partition coefficient (Wildman–Crippen LogP) is 3.33. The minimum atomic E-state index is -4.64. The van der Waals surface area contributed by atoms with Crippen molar-refractivity contribution < 1.29 is 17.9 Å². The molecule has 0 aliphatic heterocycles. The second-order valence-corrected chi connectivity index (χ2v) is 2.80. The topological polar surface area (TPSA) is 9.23 Å². The first kappa shape index (κ1) is 10.9. The van der Waals surface area contributed by atoms with Gasteiger partial charge in [0.05, 0.1) is 0 Å². The highest BCUT2D eigenvalue weighted by Gasteiger charge is 2.31. The van der Waals surface area contributed by atoms with E-state index >= 15 is 0 Å². The van der Waals surface area contributed by atoms with Crippen LogP contribution in [0.1, 0.15) is 18.1 Å². The highest BCUT2D eigenvalue weighted by atomic mass is 19.4. The van der Waals surface area contributed by atoms with Crippen molar-refractivity contribution in [1.29, 1.82) is 0 Å². The number of benzene rings is 1. The lowest BCUT2D eigenvalue weighted by Gasteiger charge is -2.13. The van der Waals surface area contributed by atoms with E-state index in [-0.39, 0.29) is 5.75 Å². The van der Waals surface area contributed by atoms with Crippen LogP contribution in [0, 0.1) is 6.92 Å². The van der Waals surface area contributed by atoms with Crippen LogP contribution >= 0.6 is 0 Å². The normalized spacial score (nSPS) is 11.5. The summed E-state index contributed by atoms with van der Waals surface area (Å²) in [6.45, 7) is 5.39. The van der Waals surface area contributed by atoms with Gasteiger partial charge >= 0.3 is 6.36 Å². The average Bonchev–Trinajstić information content (AvgIpc) is 2.01. The Kier molecular flexibility index (Phi) is 3.03. The lowest BCUT2D eigenvalue weighted by atomic mass is 10.1. The third-order valence-corrected chi connectivity index (χ3v) is 1.81. The van der Waals surface area contributed by atoms with Crippen LogP contribution in [0.15, 0.2) is 18.2 Å². The Bertz CT molecular complexity index is 318. The van der Waals surface area contributed by atoms with E-state index < -0.39 is 6.36 Å². The third kappa shape index (κ3) is 2.65. The summed E-state index contributed by atoms with van der Waals surface area (Å²) < 4.78 is 39.7. The Labute approximate surface area is 80.5 Å². The number of ether oxygens (including phenoxy) is 1. The quantitative estimate of drug-likeness (QED) is 0.716. The molecule has 1 aromatic carbocycles.